The van der Waals surface area contributed by atoms with Gasteiger partial charge in [0.1, 0.15) is 11.3 Å². The first kappa shape index (κ1) is 17.4. The molecule has 0 saturated heterocycles. The van der Waals surface area contributed by atoms with Crippen LogP contribution in [0, 0.1) is 5.82 Å². The van der Waals surface area contributed by atoms with E-state index in [2.05, 4.69) is 4.98 Å². The molecule has 0 radical (unpaired) electrons. The molecule has 4 nitrogen and oxygen atoms in total. The summed E-state index contributed by atoms with van der Waals surface area (Å²) in [6.07, 6.45) is 3.05. The van der Waals surface area contributed by atoms with Crippen LogP contribution in [-0.4, -0.2) is 19.9 Å². The van der Waals surface area contributed by atoms with Crippen LogP contribution < -0.4 is 4.31 Å². The van der Waals surface area contributed by atoms with Crippen molar-refractivity contribution < 1.29 is 12.8 Å². The normalized spacial score (nSPS) is 11.6. The quantitative estimate of drug-likeness (QED) is 0.657. The van der Waals surface area contributed by atoms with Crippen molar-refractivity contribution in [1.29, 1.82) is 0 Å². The lowest BCUT2D eigenvalue weighted by Crippen LogP contribution is -2.32. The number of anilines is 1. The number of para-hydroxylation sites is 1. The summed E-state index contributed by atoms with van der Waals surface area (Å²) >= 11 is 0. The van der Waals surface area contributed by atoms with Crippen LogP contribution in [0.3, 0.4) is 0 Å². The van der Waals surface area contributed by atoms with E-state index in [1.54, 1.807) is 36.4 Å². The number of nitrogens with zero attached hydrogens (tertiary/aromatic N) is 2. The topological polar surface area (TPSA) is 50.3 Å². The number of unbranched alkanes of at least 4 members (excludes halogenated alkanes) is 1. The molecule has 0 saturated carbocycles. The lowest BCUT2D eigenvalue weighted by Gasteiger charge is -2.25. The van der Waals surface area contributed by atoms with Gasteiger partial charge in [-0.3, -0.25) is 9.29 Å². The SMILES string of the molecule is CCCCN(c1ccccc1)S(=O)(=O)c1ccc(F)c2ncccc12. The van der Waals surface area contributed by atoms with Gasteiger partial charge in [0.05, 0.1) is 10.6 Å². The van der Waals surface area contributed by atoms with E-state index in [0.29, 0.717) is 17.6 Å². The second-order valence-electron chi connectivity index (χ2n) is 5.71. The van der Waals surface area contributed by atoms with Crippen LogP contribution in [0.4, 0.5) is 10.1 Å². The maximum absolute atomic E-state index is 14.0. The number of fused-ring (bicyclic) bond motifs is 1. The van der Waals surface area contributed by atoms with Gasteiger partial charge in [0.15, 0.2) is 0 Å². The van der Waals surface area contributed by atoms with Gasteiger partial charge in [0.25, 0.3) is 10.0 Å². The molecule has 1 heterocycles. The van der Waals surface area contributed by atoms with E-state index >= 15 is 0 Å². The monoisotopic (exact) mass is 358 g/mol. The molecule has 0 aliphatic rings. The highest BCUT2D eigenvalue weighted by Gasteiger charge is 2.27. The first-order valence-corrected chi connectivity index (χ1v) is 9.60. The minimum atomic E-state index is -3.84. The van der Waals surface area contributed by atoms with Gasteiger partial charge in [-0.15, -0.1) is 0 Å². The number of hydrogen-bond acceptors (Lipinski definition) is 3. The van der Waals surface area contributed by atoms with Gasteiger partial charge in [-0.05, 0) is 42.8 Å². The van der Waals surface area contributed by atoms with Crippen LogP contribution in [0.1, 0.15) is 19.8 Å². The zero-order valence-electron chi connectivity index (χ0n) is 13.9. The summed E-state index contributed by atoms with van der Waals surface area (Å²) in [7, 11) is -3.84. The van der Waals surface area contributed by atoms with Gasteiger partial charge in [0, 0.05) is 18.1 Å². The van der Waals surface area contributed by atoms with Crippen molar-refractivity contribution in [3.63, 3.8) is 0 Å². The molecule has 1 aromatic heterocycles. The van der Waals surface area contributed by atoms with Crippen molar-refractivity contribution in [1.82, 2.24) is 4.98 Å². The Balaban J connectivity index is 2.18. The van der Waals surface area contributed by atoms with Crippen molar-refractivity contribution in [3.05, 3.63) is 66.6 Å². The van der Waals surface area contributed by atoms with Gasteiger partial charge in [0.2, 0.25) is 0 Å². The molecule has 0 bridgehead atoms. The van der Waals surface area contributed by atoms with Crippen molar-refractivity contribution in [2.24, 2.45) is 0 Å². The molecule has 0 amide bonds. The number of pyridine rings is 1. The highest BCUT2D eigenvalue weighted by Crippen LogP contribution is 2.29. The molecule has 25 heavy (non-hydrogen) atoms. The first-order chi connectivity index (χ1) is 12.1. The van der Waals surface area contributed by atoms with E-state index in [1.165, 1.54) is 16.6 Å². The fourth-order valence-corrected chi connectivity index (χ4v) is 4.43. The van der Waals surface area contributed by atoms with Crippen LogP contribution in [0.15, 0.2) is 65.7 Å². The van der Waals surface area contributed by atoms with Crippen molar-refractivity contribution in [3.8, 4) is 0 Å². The fraction of sp³-hybridized carbons (Fsp3) is 0.211. The Morgan fingerprint density at radius 3 is 2.52 bits per heavy atom. The van der Waals surface area contributed by atoms with E-state index in [1.807, 2.05) is 13.0 Å². The summed E-state index contributed by atoms with van der Waals surface area (Å²) in [5.41, 5.74) is 0.657. The number of benzene rings is 2. The zero-order chi connectivity index (χ0) is 17.9. The van der Waals surface area contributed by atoms with E-state index in [0.717, 1.165) is 18.9 Å². The number of halogens is 1. The molecule has 0 aliphatic carbocycles. The molecular formula is C19H19FN2O2S. The van der Waals surface area contributed by atoms with Gasteiger partial charge < -0.3 is 0 Å². The molecule has 2 aromatic carbocycles. The molecule has 0 N–H and O–H groups in total. The standard InChI is InChI=1S/C19H19FN2O2S/c1-2-3-14-22(15-8-5-4-6-9-15)25(23,24)18-12-11-17(20)19-16(18)10-7-13-21-19/h4-13H,2-3,14H2,1H3. The van der Waals surface area contributed by atoms with Crippen LogP contribution in [0.5, 0.6) is 0 Å². The predicted molar refractivity (Wildman–Crippen MR) is 97.6 cm³/mol. The Morgan fingerprint density at radius 1 is 1.04 bits per heavy atom. The molecule has 0 spiro atoms. The van der Waals surface area contributed by atoms with Crippen LogP contribution in [0.2, 0.25) is 0 Å². The third-order valence-corrected chi connectivity index (χ3v) is 5.89. The summed E-state index contributed by atoms with van der Waals surface area (Å²) in [5, 5.41) is 0.292. The van der Waals surface area contributed by atoms with E-state index < -0.39 is 15.8 Å². The van der Waals surface area contributed by atoms with Gasteiger partial charge in [-0.2, -0.15) is 0 Å². The molecule has 3 aromatic rings. The third kappa shape index (κ3) is 3.35. The second-order valence-corrected chi connectivity index (χ2v) is 7.54. The summed E-state index contributed by atoms with van der Waals surface area (Å²) in [4.78, 5) is 4.06. The maximum atomic E-state index is 14.0. The number of hydrogen-bond donors (Lipinski definition) is 0. The summed E-state index contributed by atoms with van der Waals surface area (Å²) < 4.78 is 42.1. The smallest absolute Gasteiger partial charge is 0.264 e. The molecule has 130 valence electrons. The molecule has 3 rings (SSSR count). The lowest BCUT2D eigenvalue weighted by molar-refractivity contribution is 0.589. The van der Waals surface area contributed by atoms with E-state index in [9.17, 15) is 12.8 Å². The fourth-order valence-electron chi connectivity index (χ4n) is 2.74. The Morgan fingerprint density at radius 2 is 1.80 bits per heavy atom. The Hall–Kier alpha value is -2.47. The van der Waals surface area contributed by atoms with Crippen LogP contribution in [0.25, 0.3) is 10.9 Å². The van der Waals surface area contributed by atoms with Gasteiger partial charge >= 0.3 is 0 Å². The average Bonchev–Trinajstić information content (AvgIpc) is 2.63. The Bertz CT molecular complexity index is 975. The largest absolute Gasteiger partial charge is 0.266 e. The highest BCUT2D eigenvalue weighted by molar-refractivity contribution is 7.93. The van der Waals surface area contributed by atoms with Gasteiger partial charge in [-0.1, -0.05) is 31.5 Å². The minimum absolute atomic E-state index is 0.0621. The molecule has 0 aliphatic heterocycles. The molecule has 0 atom stereocenters. The highest BCUT2D eigenvalue weighted by atomic mass is 32.2. The molecule has 6 heteroatoms. The van der Waals surface area contributed by atoms with Crippen molar-refractivity contribution in [2.45, 2.75) is 24.7 Å². The van der Waals surface area contributed by atoms with Crippen molar-refractivity contribution >= 4 is 26.6 Å². The van der Waals surface area contributed by atoms with E-state index in [4.69, 9.17) is 0 Å². The number of rotatable bonds is 6. The zero-order valence-corrected chi connectivity index (χ0v) is 14.7. The Kier molecular flexibility index (Phi) is 4.99. The minimum Gasteiger partial charge on any atom is -0.266 e. The molecule has 0 fully saturated rings. The summed E-state index contributed by atoms with van der Waals surface area (Å²) in [6, 6.07) is 14.6. The maximum Gasteiger partial charge on any atom is 0.264 e. The second kappa shape index (κ2) is 7.19. The predicted octanol–water partition coefficient (Wildman–Crippen LogP) is 4.37. The number of aromatic nitrogens is 1. The lowest BCUT2D eigenvalue weighted by atomic mass is 10.2. The average molecular weight is 358 g/mol. The van der Waals surface area contributed by atoms with E-state index in [-0.39, 0.29) is 10.4 Å². The van der Waals surface area contributed by atoms with Crippen LogP contribution in [-0.2, 0) is 10.0 Å². The molecular weight excluding hydrogens is 339 g/mol. The third-order valence-electron chi connectivity index (χ3n) is 4.01. The first-order valence-electron chi connectivity index (χ1n) is 8.16. The van der Waals surface area contributed by atoms with Gasteiger partial charge in [-0.25, -0.2) is 12.8 Å². The number of sulfonamides is 1. The summed E-state index contributed by atoms with van der Waals surface area (Å²) in [5.74, 6) is -0.533. The molecule has 0 unspecified atom stereocenters. The van der Waals surface area contributed by atoms with Crippen LogP contribution >= 0.6 is 0 Å². The van der Waals surface area contributed by atoms with Crippen molar-refractivity contribution in [2.75, 3.05) is 10.8 Å². The summed E-state index contributed by atoms with van der Waals surface area (Å²) in [6.45, 7) is 2.37. The Labute approximate surface area is 147 Å².